The van der Waals surface area contributed by atoms with E-state index in [1.54, 1.807) is 0 Å². The highest BCUT2D eigenvalue weighted by Crippen LogP contribution is 2.44. The number of ketones is 1. The minimum Gasteiger partial charge on any atom is -0.292 e. The summed E-state index contributed by atoms with van der Waals surface area (Å²) in [6.07, 6.45) is 1.86. The molecule has 1 saturated heterocycles. The Morgan fingerprint density at radius 3 is 2.25 bits per heavy atom. The molecular formula is C18H17NO. The van der Waals surface area contributed by atoms with Crippen molar-refractivity contribution in [2.24, 2.45) is 0 Å². The van der Waals surface area contributed by atoms with Gasteiger partial charge in [0.2, 0.25) is 0 Å². The first kappa shape index (κ1) is 12.8. The van der Waals surface area contributed by atoms with Crippen LogP contribution in [0.25, 0.3) is 0 Å². The number of Topliss-reactive ketones (excluding diaryl/α,β-unsaturated/α-hetero) is 1. The average Bonchev–Trinajstić information content (AvgIpc) is 3.23. The number of hydrogen-bond acceptors (Lipinski definition) is 2. The van der Waals surface area contributed by atoms with Crippen LogP contribution < -0.4 is 0 Å². The average molecular weight is 263 g/mol. The van der Waals surface area contributed by atoms with Gasteiger partial charge in [0.05, 0.1) is 12.1 Å². The van der Waals surface area contributed by atoms with E-state index in [4.69, 9.17) is 0 Å². The molecule has 0 amide bonds. The van der Waals surface area contributed by atoms with Crippen molar-refractivity contribution in [2.75, 3.05) is 6.54 Å². The lowest BCUT2D eigenvalue weighted by atomic mass is 10.0. The second-order valence-corrected chi connectivity index (χ2v) is 5.02. The van der Waals surface area contributed by atoms with Gasteiger partial charge >= 0.3 is 0 Å². The molecule has 2 nitrogen and oxygen atoms in total. The maximum absolute atomic E-state index is 12.6. The van der Waals surface area contributed by atoms with E-state index in [1.807, 2.05) is 54.6 Å². The highest BCUT2D eigenvalue weighted by Gasteiger charge is 2.52. The molecular weight excluding hydrogens is 246 g/mol. The van der Waals surface area contributed by atoms with Crippen LogP contribution in [0.5, 0.6) is 0 Å². The summed E-state index contributed by atoms with van der Waals surface area (Å²) in [6.45, 7) is 4.52. The van der Waals surface area contributed by atoms with Crippen molar-refractivity contribution in [1.82, 2.24) is 4.90 Å². The SMILES string of the molecule is C=CCN1C(C(=O)c2ccccc2)C1c1ccccc1. The van der Waals surface area contributed by atoms with Crippen LogP contribution in [-0.2, 0) is 0 Å². The first-order valence-corrected chi connectivity index (χ1v) is 6.84. The molecule has 100 valence electrons. The molecule has 2 heteroatoms. The monoisotopic (exact) mass is 263 g/mol. The van der Waals surface area contributed by atoms with Crippen LogP contribution in [0, 0.1) is 0 Å². The number of rotatable bonds is 5. The van der Waals surface area contributed by atoms with Crippen molar-refractivity contribution < 1.29 is 4.79 Å². The Hall–Kier alpha value is -2.19. The highest BCUT2D eigenvalue weighted by atomic mass is 16.1. The smallest absolute Gasteiger partial charge is 0.181 e. The molecule has 0 bridgehead atoms. The second-order valence-electron chi connectivity index (χ2n) is 5.02. The summed E-state index contributed by atoms with van der Waals surface area (Å²) in [5.41, 5.74) is 1.98. The van der Waals surface area contributed by atoms with E-state index < -0.39 is 0 Å². The van der Waals surface area contributed by atoms with Gasteiger partial charge in [-0.1, -0.05) is 66.7 Å². The van der Waals surface area contributed by atoms with Gasteiger partial charge < -0.3 is 0 Å². The third-order valence-corrected chi connectivity index (χ3v) is 3.73. The predicted octanol–water partition coefficient (Wildman–Crippen LogP) is 3.48. The first-order valence-electron chi connectivity index (χ1n) is 6.84. The molecule has 0 N–H and O–H groups in total. The topological polar surface area (TPSA) is 20.1 Å². The van der Waals surface area contributed by atoms with Crippen LogP contribution in [0.1, 0.15) is 22.0 Å². The van der Waals surface area contributed by atoms with Crippen LogP contribution in [0.4, 0.5) is 0 Å². The molecule has 1 aliphatic rings. The third kappa shape index (κ3) is 2.30. The molecule has 3 rings (SSSR count). The molecule has 1 fully saturated rings. The molecule has 1 heterocycles. The lowest BCUT2D eigenvalue weighted by Crippen LogP contribution is -2.13. The van der Waals surface area contributed by atoms with Gasteiger partial charge in [-0.25, -0.2) is 0 Å². The van der Waals surface area contributed by atoms with Gasteiger partial charge in [-0.3, -0.25) is 9.69 Å². The summed E-state index contributed by atoms with van der Waals surface area (Å²) >= 11 is 0. The van der Waals surface area contributed by atoms with Crippen molar-refractivity contribution in [3.8, 4) is 0 Å². The summed E-state index contributed by atoms with van der Waals surface area (Å²) in [5, 5.41) is 0. The van der Waals surface area contributed by atoms with Crippen LogP contribution in [0.15, 0.2) is 73.3 Å². The van der Waals surface area contributed by atoms with Gasteiger partial charge in [0, 0.05) is 12.1 Å². The summed E-state index contributed by atoms with van der Waals surface area (Å²) in [7, 11) is 0. The molecule has 3 atom stereocenters. The largest absolute Gasteiger partial charge is 0.292 e. The number of carbonyl (C=O) groups is 1. The molecule has 0 radical (unpaired) electrons. The van der Waals surface area contributed by atoms with E-state index in [1.165, 1.54) is 5.56 Å². The van der Waals surface area contributed by atoms with E-state index >= 15 is 0 Å². The van der Waals surface area contributed by atoms with E-state index in [2.05, 4.69) is 23.6 Å². The van der Waals surface area contributed by atoms with Gasteiger partial charge in [-0.15, -0.1) is 6.58 Å². The van der Waals surface area contributed by atoms with E-state index in [0.29, 0.717) is 0 Å². The fourth-order valence-corrected chi connectivity index (χ4v) is 2.74. The zero-order chi connectivity index (χ0) is 13.9. The van der Waals surface area contributed by atoms with Gasteiger partial charge in [0.25, 0.3) is 0 Å². The molecule has 2 aromatic carbocycles. The van der Waals surface area contributed by atoms with Gasteiger partial charge in [-0.2, -0.15) is 0 Å². The zero-order valence-corrected chi connectivity index (χ0v) is 11.3. The van der Waals surface area contributed by atoms with Crippen LogP contribution >= 0.6 is 0 Å². The Morgan fingerprint density at radius 2 is 1.65 bits per heavy atom. The Balaban J connectivity index is 1.85. The number of carbonyl (C=O) groups excluding carboxylic acids is 1. The lowest BCUT2D eigenvalue weighted by molar-refractivity contribution is 0.0975. The zero-order valence-electron chi connectivity index (χ0n) is 11.3. The summed E-state index contributed by atoms with van der Waals surface area (Å²) in [4.78, 5) is 14.8. The Labute approximate surface area is 119 Å². The summed E-state index contributed by atoms with van der Waals surface area (Å²) in [5.74, 6) is 0.196. The van der Waals surface area contributed by atoms with Gasteiger partial charge in [0.15, 0.2) is 5.78 Å². The van der Waals surface area contributed by atoms with Gasteiger partial charge in [0.1, 0.15) is 0 Å². The second kappa shape index (κ2) is 5.43. The predicted molar refractivity (Wildman–Crippen MR) is 80.6 cm³/mol. The minimum atomic E-state index is -0.0576. The summed E-state index contributed by atoms with van der Waals surface area (Å²) in [6, 6.07) is 19.8. The number of hydrogen-bond donors (Lipinski definition) is 0. The van der Waals surface area contributed by atoms with Crippen LogP contribution in [-0.4, -0.2) is 23.3 Å². The summed E-state index contributed by atoms with van der Waals surface area (Å²) < 4.78 is 0. The van der Waals surface area contributed by atoms with E-state index in [9.17, 15) is 4.79 Å². The van der Waals surface area contributed by atoms with Crippen LogP contribution in [0.2, 0.25) is 0 Å². The molecule has 20 heavy (non-hydrogen) atoms. The molecule has 3 unspecified atom stereocenters. The van der Waals surface area contributed by atoms with E-state index in [-0.39, 0.29) is 17.9 Å². The molecule has 1 aliphatic heterocycles. The quantitative estimate of drug-likeness (QED) is 0.467. The minimum absolute atomic E-state index is 0.0576. The Morgan fingerprint density at radius 1 is 1.05 bits per heavy atom. The normalized spacial score (nSPS) is 24.1. The van der Waals surface area contributed by atoms with Crippen LogP contribution in [0.3, 0.4) is 0 Å². The third-order valence-electron chi connectivity index (χ3n) is 3.73. The first-order chi connectivity index (χ1) is 9.83. The van der Waals surface area contributed by atoms with Crippen molar-refractivity contribution in [1.29, 1.82) is 0 Å². The fourth-order valence-electron chi connectivity index (χ4n) is 2.74. The lowest BCUT2D eigenvalue weighted by Gasteiger charge is -1.99. The van der Waals surface area contributed by atoms with Crippen molar-refractivity contribution in [3.63, 3.8) is 0 Å². The maximum atomic E-state index is 12.6. The van der Waals surface area contributed by atoms with Gasteiger partial charge in [-0.05, 0) is 5.56 Å². The van der Waals surface area contributed by atoms with Crippen molar-refractivity contribution in [2.45, 2.75) is 12.1 Å². The fraction of sp³-hybridized carbons (Fsp3) is 0.167. The molecule has 0 aromatic heterocycles. The van der Waals surface area contributed by atoms with E-state index in [0.717, 1.165) is 12.1 Å². The molecule has 0 spiro atoms. The van der Waals surface area contributed by atoms with Crippen molar-refractivity contribution in [3.05, 3.63) is 84.4 Å². The molecule has 0 saturated carbocycles. The molecule has 0 aliphatic carbocycles. The number of nitrogens with zero attached hydrogens (tertiary/aromatic N) is 1. The van der Waals surface area contributed by atoms with Crippen molar-refractivity contribution >= 4 is 5.78 Å². The Bertz CT molecular complexity index is 606. The standard InChI is InChI=1S/C18H17NO/c1-2-13-19-16(14-9-5-3-6-10-14)17(19)18(20)15-11-7-4-8-12-15/h2-12,16-17H,1,13H2. The maximum Gasteiger partial charge on any atom is 0.181 e. The highest BCUT2D eigenvalue weighted by molar-refractivity contribution is 6.02. The Kier molecular flexibility index (Phi) is 3.48. The number of benzene rings is 2. The molecule has 2 aromatic rings.